The molecule has 1 saturated heterocycles. The standard InChI is InChI=1S/C20H18FN3O5S/c1-28-15-7-6-12(8-13(15)11-29-16-5-3-2-4-14(16)21)10-22-24-20-23-19(27)17(30-20)9-18(25)26/h2-8,10,17H,9,11H2,1H3,(H,25,26)(H,23,24,27). The highest BCUT2D eigenvalue weighted by Crippen LogP contribution is 2.24. The van der Waals surface area contributed by atoms with E-state index in [0.717, 1.165) is 11.8 Å². The van der Waals surface area contributed by atoms with E-state index in [1.54, 1.807) is 30.3 Å². The highest BCUT2D eigenvalue weighted by atomic mass is 32.2. The summed E-state index contributed by atoms with van der Waals surface area (Å²) in [4.78, 5) is 22.4. The molecule has 3 rings (SSSR count). The number of carbonyl (C=O) groups is 2. The molecule has 0 saturated carbocycles. The van der Waals surface area contributed by atoms with Crippen molar-refractivity contribution >= 4 is 35.0 Å². The Morgan fingerprint density at radius 1 is 1.30 bits per heavy atom. The van der Waals surface area contributed by atoms with Crippen LogP contribution in [0.2, 0.25) is 0 Å². The summed E-state index contributed by atoms with van der Waals surface area (Å²) < 4.78 is 24.6. The van der Waals surface area contributed by atoms with E-state index < -0.39 is 22.9 Å². The number of benzene rings is 2. The number of methoxy groups -OCH3 is 1. The van der Waals surface area contributed by atoms with Gasteiger partial charge in [-0.15, -0.1) is 5.10 Å². The number of amidine groups is 1. The second-order valence-corrected chi connectivity index (χ2v) is 7.33. The number of nitrogens with zero attached hydrogens (tertiary/aromatic N) is 2. The molecule has 0 aliphatic carbocycles. The number of para-hydroxylation sites is 1. The molecule has 1 unspecified atom stereocenters. The fourth-order valence-corrected chi connectivity index (χ4v) is 3.52. The van der Waals surface area contributed by atoms with Gasteiger partial charge in [0, 0.05) is 5.56 Å². The van der Waals surface area contributed by atoms with E-state index in [1.165, 1.54) is 25.5 Å². The Morgan fingerprint density at radius 2 is 2.10 bits per heavy atom. The zero-order valence-electron chi connectivity index (χ0n) is 15.9. The maximum atomic E-state index is 13.7. The summed E-state index contributed by atoms with van der Waals surface area (Å²) in [5.41, 5.74) is 1.37. The van der Waals surface area contributed by atoms with Crippen LogP contribution < -0.4 is 14.8 Å². The van der Waals surface area contributed by atoms with Crippen LogP contribution in [0.5, 0.6) is 11.5 Å². The first kappa shape index (κ1) is 21.3. The molecule has 8 nitrogen and oxygen atoms in total. The summed E-state index contributed by atoms with van der Waals surface area (Å²) in [5.74, 6) is -1.22. The van der Waals surface area contributed by atoms with Gasteiger partial charge in [0.05, 0.1) is 19.7 Å². The summed E-state index contributed by atoms with van der Waals surface area (Å²) in [6, 6.07) is 11.3. The largest absolute Gasteiger partial charge is 0.496 e. The first-order chi connectivity index (χ1) is 14.5. The Kier molecular flexibility index (Phi) is 7.02. The second-order valence-electron chi connectivity index (χ2n) is 6.13. The van der Waals surface area contributed by atoms with Gasteiger partial charge in [0.15, 0.2) is 16.7 Å². The molecule has 1 aliphatic heterocycles. The van der Waals surface area contributed by atoms with Gasteiger partial charge in [0.25, 0.3) is 0 Å². The van der Waals surface area contributed by atoms with E-state index >= 15 is 0 Å². The topological polar surface area (TPSA) is 110 Å². The van der Waals surface area contributed by atoms with E-state index in [-0.39, 0.29) is 23.9 Å². The summed E-state index contributed by atoms with van der Waals surface area (Å²) in [5, 5.41) is 18.7. The number of hydrogen-bond acceptors (Lipinski definition) is 7. The monoisotopic (exact) mass is 431 g/mol. The van der Waals surface area contributed by atoms with Gasteiger partial charge >= 0.3 is 5.97 Å². The molecule has 0 radical (unpaired) electrons. The zero-order valence-corrected chi connectivity index (χ0v) is 16.7. The van der Waals surface area contributed by atoms with E-state index in [4.69, 9.17) is 14.6 Å². The summed E-state index contributed by atoms with van der Waals surface area (Å²) >= 11 is 1.02. The Labute approximate surface area is 175 Å². The SMILES string of the molecule is COc1ccc(C=NN=C2NC(=O)C(CC(=O)O)S2)cc1COc1ccccc1F. The van der Waals surface area contributed by atoms with Crippen molar-refractivity contribution in [3.05, 3.63) is 59.4 Å². The van der Waals surface area contributed by atoms with Crippen LogP contribution in [0.3, 0.4) is 0 Å². The Balaban J connectivity index is 1.68. The fourth-order valence-electron chi connectivity index (χ4n) is 2.60. The number of hydrogen-bond donors (Lipinski definition) is 2. The van der Waals surface area contributed by atoms with E-state index in [1.807, 2.05) is 0 Å². The average Bonchev–Trinajstić information content (AvgIpc) is 3.06. The van der Waals surface area contributed by atoms with Crippen molar-refractivity contribution in [2.75, 3.05) is 7.11 Å². The number of rotatable bonds is 8. The molecule has 0 bridgehead atoms. The summed E-state index contributed by atoms with van der Waals surface area (Å²) in [7, 11) is 1.52. The molecule has 30 heavy (non-hydrogen) atoms. The van der Waals surface area contributed by atoms with Crippen LogP contribution in [-0.4, -0.2) is 40.7 Å². The van der Waals surface area contributed by atoms with Gasteiger partial charge < -0.3 is 19.9 Å². The molecular weight excluding hydrogens is 413 g/mol. The molecule has 0 aromatic heterocycles. The molecular formula is C20H18FN3O5S. The third kappa shape index (κ3) is 5.57. The number of nitrogens with one attached hydrogen (secondary N) is 1. The van der Waals surface area contributed by atoms with Crippen molar-refractivity contribution < 1.29 is 28.6 Å². The number of amides is 1. The molecule has 1 atom stereocenters. The molecule has 1 amide bonds. The highest BCUT2D eigenvalue weighted by molar-refractivity contribution is 8.15. The van der Waals surface area contributed by atoms with Gasteiger partial charge in [-0.3, -0.25) is 9.59 Å². The molecule has 2 aromatic carbocycles. The van der Waals surface area contributed by atoms with Crippen LogP contribution in [0, 0.1) is 5.82 Å². The lowest BCUT2D eigenvalue weighted by Crippen LogP contribution is -2.26. The maximum Gasteiger partial charge on any atom is 0.305 e. The lowest BCUT2D eigenvalue weighted by atomic mass is 10.1. The van der Waals surface area contributed by atoms with E-state index in [0.29, 0.717) is 16.9 Å². The van der Waals surface area contributed by atoms with Crippen molar-refractivity contribution in [1.29, 1.82) is 0 Å². The van der Waals surface area contributed by atoms with Crippen molar-refractivity contribution in [2.24, 2.45) is 10.2 Å². The van der Waals surface area contributed by atoms with Gasteiger partial charge in [-0.05, 0) is 35.9 Å². The predicted octanol–water partition coefficient (Wildman–Crippen LogP) is 2.81. The van der Waals surface area contributed by atoms with Crippen LogP contribution in [-0.2, 0) is 16.2 Å². The third-order valence-corrected chi connectivity index (χ3v) is 5.09. The van der Waals surface area contributed by atoms with Crippen molar-refractivity contribution in [3.63, 3.8) is 0 Å². The van der Waals surface area contributed by atoms with Gasteiger partial charge in [0.2, 0.25) is 5.91 Å². The Morgan fingerprint density at radius 3 is 2.83 bits per heavy atom. The maximum absolute atomic E-state index is 13.7. The lowest BCUT2D eigenvalue weighted by Gasteiger charge is -2.11. The predicted molar refractivity (Wildman–Crippen MR) is 111 cm³/mol. The van der Waals surface area contributed by atoms with Crippen LogP contribution in [0.25, 0.3) is 0 Å². The van der Waals surface area contributed by atoms with Gasteiger partial charge in [-0.25, -0.2) is 4.39 Å². The molecule has 10 heteroatoms. The van der Waals surface area contributed by atoms with Crippen molar-refractivity contribution in [2.45, 2.75) is 18.3 Å². The molecule has 1 aliphatic rings. The Bertz CT molecular complexity index is 1010. The molecule has 1 heterocycles. The number of halogens is 1. The number of carbonyl (C=O) groups excluding carboxylic acids is 1. The lowest BCUT2D eigenvalue weighted by molar-refractivity contribution is -0.138. The zero-order chi connectivity index (χ0) is 21.5. The highest BCUT2D eigenvalue weighted by Gasteiger charge is 2.32. The van der Waals surface area contributed by atoms with Gasteiger partial charge in [-0.2, -0.15) is 5.10 Å². The molecule has 156 valence electrons. The third-order valence-electron chi connectivity index (χ3n) is 4.02. The first-order valence-electron chi connectivity index (χ1n) is 8.81. The number of aliphatic carboxylic acids is 1. The van der Waals surface area contributed by atoms with E-state index in [2.05, 4.69) is 15.5 Å². The number of thioether (sulfide) groups is 1. The minimum atomic E-state index is -1.06. The number of carboxylic acid groups (broad SMARTS) is 1. The number of ether oxygens (including phenoxy) is 2. The van der Waals surface area contributed by atoms with Crippen LogP contribution >= 0.6 is 11.8 Å². The summed E-state index contributed by atoms with van der Waals surface area (Å²) in [6.45, 7) is 0.0864. The van der Waals surface area contributed by atoms with Gasteiger partial charge in [-0.1, -0.05) is 23.9 Å². The first-order valence-corrected chi connectivity index (χ1v) is 9.69. The van der Waals surface area contributed by atoms with Crippen LogP contribution in [0.4, 0.5) is 4.39 Å². The normalized spacial score (nSPS) is 17.3. The molecule has 2 aromatic rings. The minimum Gasteiger partial charge on any atom is -0.496 e. The van der Waals surface area contributed by atoms with Crippen LogP contribution in [0.15, 0.2) is 52.7 Å². The minimum absolute atomic E-state index is 0.0864. The number of carboxylic acids is 1. The van der Waals surface area contributed by atoms with E-state index in [9.17, 15) is 14.0 Å². The Hall–Kier alpha value is -3.40. The quantitative estimate of drug-likeness (QED) is 0.491. The van der Waals surface area contributed by atoms with Crippen molar-refractivity contribution in [3.8, 4) is 11.5 Å². The van der Waals surface area contributed by atoms with Crippen LogP contribution in [0.1, 0.15) is 17.5 Å². The molecule has 0 spiro atoms. The average molecular weight is 431 g/mol. The van der Waals surface area contributed by atoms with Crippen molar-refractivity contribution in [1.82, 2.24) is 5.32 Å². The molecule has 2 N–H and O–H groups in total. The molecule has 1 fully saturated rings. The second kappa shape index (κ2) is 9.88. The fraction of sp³-hybridized carbons (Fsp3) is 0.200. The smallest absolute Gasteiger partial charge is 0.305 e. The summed E-state index contributed by atoms with van der Waals surface area (Å²) in [6.07, 6.45) is 1.18. The van der Waals surface area contributed by atoms with Gasteiger partial charge in [0.1, 0.15) is 17.6 Å².